The van der Waals surface area contributed by atoms with E-state index in [2.05, 4.69) is 32.6 Å². The van der Waals surface area contributed by atoms with Crippen molar-refractivity contribution in [2.45, 2.75) is 51.6 Å². The largest absolute Gasteiger partial charge is 0.469 e. The highest BCUT2D eigenvalue weighted by Gasteiger charge is 2.70. The second-order valence-corrected chi connectivity index (χ2v) is 7.47. The molecule has 2 heterocycles. The van der Waals surface area contributed by atoms with Gasteiger partial charge in [0.2, 0.25) is 0 Å². The third-order valence-corrected chi connectivity index (χ3v) is 5.49. The smallest absolute Gasteiger partial charge is 0.314 e. The first-order valence-corrected chi connectivity index (χ1v) is 9.02. The number of benzene rings is 1. The van der Waals surface area contributed by atoms with Gasteiger partial charge >= 0.3 is 11.9 Å². The van der Waals surface area contributed by atoms with Crippen LogP contribution in [0.1, 0.15) is 44.9 Å². The van der Waals surface area contributed by atoms with E-state index < -0.39 is 35.6 Å². The first-order valence-electron chi connectivity index (χ1n) is 9.02. The summed E-state index contributed by atoms with van der Waals surface area (Å²) in [5.74, 6) is -2.43. The van der Waals surface area contributed by atoms with Crippen molar-refractivity contribution in [2.75, 3.05) is 14.2 Å². The highest BCUT2D eigenvalue weighted by molar-refractivity contribution is 5.86. The zero-order chi connectivity index (χ0) is 19.2. The fraction of sp³-hybridized carbons (Fsp3) is 0.600. The molecule has 0 unspecified atom stereocenters. The van der Waals surface area contributed by atoms with Gasteiger partial charge < -0.3 is 14.2 Å². The third-order valence-electron chi connectivity index (χ3n) is 5.49. The van der Waals surface area contributed by atoms with Crippen LogP contribution in [-0.4, -0.2) is 43.1 Å². The van der Waals surface area contributed by atoms with Crippen LogP contribution in [0.4, 0.5) is 0 Å². The van der Waals surface area contributed by atoms with E-state index in [1.165, 1.54) is 14.2 Å². The molecule has 4 atom stereocenters. The van der Waals surface area contributed by atoms with Crippen LogP contribution in [0.25, 0.3) is 0 Å². The van der Waals surface area contributed by atoms with E-state index in [1.807, 2.05) is 24.3 Å². The molecule has 0 amide bonds. The maximum atomic E-state index is 12.9. The minimum absolute atomic E-state index is 0.0883. The Balaban J connectivity index is 2.29. The number of hydrogen-bond acceptors (Lipinski definition) is 6. The molecular formula is C20H27NO5. The Hall–Kier alpha value is -1.92. The summed E-state index contributed by atoms with van der Waals surface area (Å²) >= 11 is 0. The van der Waals surface area contributed by atoms with Crippen LogP contribution >= 0.6 is 0 Å². The Morgan fingerprint density at radius 2 is 1.62 bits per heavy atom. The summed E-state index contributed by atoms with van der Waals surface area (Å²) in [5.41, 5.74) is 0.826. The van der Waals surface area contributed by atoms with E-state index in [4.69, 9.17) is 14.2 Å². The highest BCUT2D eigenvalue weighted by atomic mass is 16.6. The number of rotatable bonds is 5. The molecule has 2 bridgehead atoms. The summed E-state index contributed by atoms with van der Waals surface area (Å²) in [6.45, 7) is 8.25. The van der Waals surface area contributed by atoms with Gasteiger partial charge in [0.05, 0.1) is 14.2 Å². The number of hydrogen-bond donors (Lipinski definition) is 0. The van der Waals surface area contributed by atoms with E-state index in [0.29, 0.717) is 0 Å². The molecule has 0 aromatic heterocycles. The molecule has 26 heavy (non-hydrogen) atoms. The van der Waals surface area contributed by atoms with Gasteiger partial charge in [-0.05, 0) is 33.3 Å². The molecule has 6 nitrogen and oxygen atoms in total. The topological polar surface area (TPSA) is 65.1 Å². The first kappa shape index (κ1) is 18.9. The minimum Gasteiger partial charge on any atom is -0.469 e. The molecule has 1 fully saturated rings. The molecule has 2 aliphatic rings. The van der Waals surface area contributed by atoms with Gasteiger partial charge in [0.15, 0.2) is 5.72 Å². The van der Waals surface area contributed by atoms with Crippen molar-refractivity contribution in [3.63, 3.8) is 0 Å². The van der Waals surface area contributed by atoms with Gasteiger partial charge in [-0.3, -0.25) is 14.5 Å². The molecule has 142 valence electrons. The fourth-order valence-electron chi connectivity index (χ4n) is 4.87. The van der Waals surface area contributed by atoms with Gasteiger partial charge in [-0.1, -0.05) is 24.3 Å². The molecule has 0 radical (unpaired) electrons. The van der Waals surface area contributed by atoms with Crippen LogP contribution in [0, 0.1) is 11.8 Å². The van der Waals surface area contributed by atoms with E-state index in [-0.39, 0.29) is 12.1 Å². The maximum absolute atomic E-state index is 12.9. The quantitative estimate of drug-likeness (QED) is 0.751. The average Bonchev–Trinajstić information content (AvgIpc) is 3.11. The van der Waals surface area contributed by atoms with Crippen molar-refractivity contribution in [3.8, 4) is 0 Å². The number of nitrogens with zero attached hydrogens (tertiary/aromatic N) is 1. The van der Waals surface area contributed by atoms with Crippen LogP contribution in [0.5, 0.6) is 0 Å². The molecule has 0 aliphatic carbocycles. The molecule has 1 aromatic carbocycles. The Bertz CT molecular complexity index is 708. The number of methoxy groups -OCH3 is 2. The highest BCUT2D eigenvalue weighted by Crippen LogP contribution is 2.63. The normalized spacial score (nSPS) is 29.3. The average molecular weight is 361 g/mol. The number of carbonyl (C=O) groups is 2. The van der Waals surface area contributed by atoms with Crippen LogP contribution in [0.15, 0.2) is 24.3 Å². The Labute approximate surface area is 154 Å². The van der Waals surface area contributed by atoms with Crippen molar-refractivity contribution in [1.82, 2.24) is 4.90 Å². The van der Waals surface area contributed by atoms with Crippen LogP contribution < -0.4 is 0 Å². The molecule has 3 rings (SSSR count). The molecule has 0 saturated carbocycles. The van der Waals surface area contributed by atoms with E-state index in [0.717, 1.165) is 11.1 Å². The number of fused-ring (bicyclic) bond motifs is 5. The standard InChI is InChI=1S/C20H27NO5/c1-11(2)21(12(3)4)20-14-10-8-7-9-13(14)17(26-20)15(18(22)24-5)16(20)19(23)25-6/h7-12,15-17H,1-6H3/t15-,16-,17-,20+/m0/s1. The van der Waals surface area contributed by atoms with Gasteiger partial charge in [0.25, 0.3) is 0 Å². The van der Waals surface area contributed by atoms with Gasteiger partial charge in [0, 0.05) is 17.6 Å². The maximum Gasteiger partial charge on any atom is 0.314 e. The van der Waals surface area contributed by atoms with Gasteiger partial charge in [-0.2, -0.15) is 0 Å². The van der Waals surface area contributed by atoms with E-state index in [9.17, 15) is 9.59 Å². The monoisotopic (exact) mass is 361 g/mol. The lowest BCUT2D eigenvalue weighted by atomic mass is 9.71. The van der Waals surface area contributed by atoms with Gasteiger partial charge in [0.1, 0.15) is 17.9 Å². The lowest BCUT2D eigenvalue weighted by Gasteiger charge is -2.47. The van der Waals surface area contributed by atoms with Crippen molar-refractivity contribution in [2.24, 2.45) is 11.8 Å². The molecule has 0 N–H and O–H groups in total. The van der Waals surface area contributed by atoms with Gasteiger partial charge in [-0.15, -0.1) is 0 Å². The third kappa shape index (κ3) is 2.39. The second kappa shape index (κ2) is 6.67. The number of esters is 2. The lowest BCUT2D eigenvalue weighted by molar-refractivity contribution is -0.196. The summed E-state index contributed by atoms with van der Waals surface area (Å²) in [4.78, 5) is 27.6. The minimum atomic E-state index is -1.05. The van der Waals surface area contributed by atoms with Crippen LogP contribution in [-0.2, 0) is 29.5 Å². The summed E-state index contributed by atoms with van der Waals surface area (Å²) in [5, 5.41) is 0. The predicted octanol–water partition coefficient (Wildman–Crippen LogP) is 2.62. The van der Waals surface area contributed by atoms with Crippen LogP contribution in [0.2, 0.25) is 0 Å². The van der Waals surface area contributed by atoms with E-state index in [1.54, 1.807) is 0 Å². The van der Waals surface area contributed by atoms with E-state index >= 15 is 0 Å². The fourth-order valence-corrected chi connectivity index (χ4v) is 4.87. The Morgan fingerprint density at radius 3 is 2.15 bits per heavy atom. The van der Waals surface area contributed by atoms with Crippen LogP contribution in [0.3, 0.4) is 0 Å². The first-order chi connectivity index (χ1) is 12.3. The van der Waals surface area contributed by atoms with Crippen molar-refractivity contribution in [3.05, 3.63) is 35.4 Å². The van der Waals surface area contributed by atoms with Crippen molar-refractivity contribution in [1.29, 1.82) is 0 Å². The predicted molar refractivity (Wildman–Crippen MR) is 95.1 cm³/mol. The summed E-state index contributed by atoms with van der Waals surface area (Å²) in [6, 6.07) is 7.98. The lowest BCUT2D eigenvalue weighted by Crippen LogP contribution is -2.59. The second-order valence-electron chi connectivity index (χ2n) is 7.47. The van der Waals surface area contributed by atoms with Gasteiger partial charge in [-0.25, -0.2) is 0 Å². The molecule has 0 spiro atoms. The Kier molecular flexibility index (Phi) is 4.84. The molecule has 1 aromatic rings. The molecule has 6 heteroatoms. The van der Waals surface area contributed by atoms with Crippen molar-refractivity contribution >= 4 is 11.9 Å². The number of carbonyl (C=O) groups excluding carboxylic acids is 2. The summed E-state index contributed by atoms with van der Waals surface area (Å²) in [7, 11) is 2.68. The summed E-state index contributed by atoms with van der Waals surface area (Å²) in [6.07, 6.45) is -0.525. The zero-order valence-corrected chi connectivity index (χ0v) is 16.2. The Morgan fingerprint density at radius 1 is 1.04 bits per heavy atom. The molecule has 2 aliphatic heterocycles. The summed E-state index contributed by atoms with van der Waals surface area (Å²) < 4.78 is 16.6. The zero-order valence-electron chi connectivity index (χ0n) is 16.2. The van der Waals surface area contributed by atoms with Crippen molar-refractivity contribution < 1.29 is 23.8 Å². The SMILES string of the molecule is COC(=O)[C@H]1[C@@H](C(=O)OC)[C@]2(N(C(C)C)C(C)C)O[C@H]1c1ccccc12. The number of ether oxygens (including phenoxy) is 3. The molecule has 1 saturated heterocycles. The molecular weight excluding hydrogens is 334 g/mol.